The maximum atomic E-state index is 12.7. The molecule has 0 spiro atoms. The van der Waals surface area contributed by atoms with Gasteiger partial charge in [-0.1, -0.05) is 0 Å². The lowest BCUT2D eigenvalue weighted by Crippen LogP contribution is -2.50. The average Bonchev–Trinajstić information content (AvgIpc) is 3.10. The van der Waals surface area contributed by atoms with Crippen molar-refractivity contribution >= 4 is 22.4 Å². The molecule has 0 saturated carbocycles. The minimum absolute atomic E-state index is 0. The molecule has 126 valence electrons. The van der Waals surface area contributed by atoms with Gasteiger partial charge in [0.25, 0.3) is 0 Å². The molecule has 22 heavy (non-hydrogen) atoms. The van der Waals surface area contributed by atoms with E-state index >= 15 is 0 Å². The van der Waals surface area contributed by atoms with Gasteiger partial charge >= 0.3 is 0 Å². The molecule has 0 aliphatic carbocycles. The number of halogens is 1. The number of rotatable bonds is 4. The number of hydrogen-bond acceptors (Lipinski definition) is 5. The predicted octanol–water partition coefficient (Wildman–Crippen LogP) is 0.297. The normalized spacial score (nSPS) is 26.8. The molecule has 3 heterocycles. The van der Waals surface area contributed by atoms with Gasteiger partial charge in [-0.2, -0.15) is 4.31 Å². The lowest BCUT2D eigenvalue weighted by molar-refractivity contribution is 0.125. The first-order valence-electron chi connectivity index (χ1n) is 7.37. The van der Waals surface area contributed by atoms with Gasteiger partial charge in [0.2, 0.25) is 10.0 Å². The van der Waals surface area contributed by atoms with Crippen molar-refractivity contribution in [3.8, 4) is 0 Å². The van der Waals surface area contributed by atoms with Gasteiger partial charge < -0.3 is 14.6 Å². The number of nitrogens with one attached hydrogen (secondary N) is 1. The van der Waals surface area contributed by atoms with E-state index in [4.69, 9.17) is 4.74 Å². The van der Waals surface area contributed by atoms with E-state index in [0.717, 1.165) is 18.7 Å². The van der Waals surface area contributed by atoms with Crippen LogP contribution >= 0.6 is 12.4 Å². The van der Waals surface area contributed by atoms with Crippen molar-refractivity contribution in [2.75, 3.05) is 32.0 Å². The number of hydrogen-bond donors (Lipinski definition) is 1. The monoisotopic (exact) mass is 350 g/mol. The standard InChI is InChI=1S/C13H22N4O3S.ClH/c1-16-6-5-15-13(16)12-9-14-4-7-17(12)21(18,19)10-11-3-2-8-20-11;/h5-6,11-12,14H,2-4,7-10H2,1H3;1H. The molecule has 9 heteroatoms. The first-order chi connectivity index (χ1) is 10.1. The number of nitrogens with zero attached hydrogens (tertiary/aromatic N) is 3. The zero-order chi connectivity index (χ0) is 14.9. The van der Waals surface area contributed by atoms with Crippen molar-refractivity contribution in [3.63, 3.8) is 0 Å². The van der Waals surface area contributed by atoms with Gasteiger partial charge in [-0.25, -0.2) is 13.4 Å². The molecular weight excluding hydrogens is 328 g/mol. The van der Waals surface area contributed by atoms with Crippen LogP contribution in [0.25, 0.3) is 0 Å². The summed E-state index contributed by atoms with van der Waals surface area (Å²) in [6, 6.07) is -0.245. The highest BCUT2D eigenvalue weighted by Crippen LogP contribution is 2.26. The van der Waals surface area contributed by atoms with Crippen LogP contribution in [-0.4, -0.2) is 60.4 Å². The summed E-state index contributed by atoms with van der Waals surface area (Å²) in [7, 11) is -1.45. The van der Waals surface area contributed by atoms with E-state index in [2.05, 4.69) is 10.3 Å². The third kappa shape index (κ3) is 3.62. The van der Waals surface area contributed by atoms with Crippen LogP contribution in [-0.2, 0) is 21.8 Å². The van der Waals surface area contributed by atoms with E-state index in [1.165, 1.54) is 0 Å². The Morgan fingerprint density at radius 1 is 1.50 bits per heavy atom. The second kappa shape index (κ2) is 7.27. The summed E-state index contributed by atoms with van der Waals surface area (Å²) < 4.78 is 34.4. The van der Waals surface area contributed by atoms with E-state index in [0.29, 0.717) is 26.2 Å². The van der Waals surface area contributed by atoms with Crippen LogP contribution in [0, 0.1) is 0 Å². The summed E-state index contributed by atoms with van der Waals surface area (Å²) in [5.74, 6) is 0.853. The molecule has 1 aromatic heterocycles. The van der Waals surface area contributed by atoms with Gasteiger partial charge in [0.1, 0.15) is 5.82 Å². The fraction of sp³-hybridized carbons (Fsp3) is 0.769. The van der Waals surface area contributed by atoms with Crippen LogP contribution in [0.5, 0.6) is 0 Å². The summed E-state index contributed by atoms with van der Waals surface area (Å²) in [6.07, 6.45) is 5.17. The highest BCUT2D eigenvalue weighted by atomic mass is 35.5. The lowest BCUT2D eigenvalue weighted by atomic mass is 10.2. The first-order valence-corrected chi connectivity index (χ1v) is 8.98. The van der Waals surface area contributed by atoms with Crippen LogP contribution in [0.15, 0.2) is 12.4 Å². The van der Waals surface area contributed by atoms with E-state index < -0.39 is 10.0 Å². The zero-order valence-corrected chi connectivity index (χ0v) is 14.3. The van der Waals surface area contributed by atoms with E-state index in [1.54, 1.807) is 10.5 Å². The topological polar surface area (TPSA) is 76.5 Å². The van der Waals surface area contributed by atoms with Crippen molar-refractivity contribution < 1.29 is 13.2 Å². The molecule has 0 amide bonds. The number of imidazole rings is 1. The Morgan fingerprint density at radius 2 is 2.32 bits per heavy atom. The molecule has 2 fully saturated rings. The fourth-order valence-electron chi connectivity index (χ4n) is 3.04. The molecule has 0 aromatic carbocycles. The summed E-state index contributed by atoms with van der Waals surface area (Å²) in [6.45, 7) is 2.42. The molecule has 0 radical (unpaired) electrons. The van der Waals surface area contributed by atoms with E-state index in [-0.39, 0.29) is 30.3 Å². The summed E-state index contributed by atoms with van der Waals surface area (Å²) in [5.41, 5.74) is 0. The van der Waals surface area contributed by atoms with Crippen LogP contribution in [0.3, 0.4) is 0 Å². The second-order valence-corrected chi connectivity index (χ2v) is 7.61. The maximum absolute atomic E-state index is 12.7. The number of ether oxygens (including phenoxy) is 1. The minimum Gasteiger partial charge on any atom is -0.377 e. The second-order valence-electron chi connectivity index (χ2n) is 5.64. The Bertz CT molecular complexity index is 586. The Kier molecular flexibility index (Phi) is 5.84. The van der Waals surface area contributed by atoms with Crippen LogP contribution in [0.1, 0.15) is 24.7 Å². The third-order valence-electron chi connectivity index (χ3n) is 4.13. The smallest absolute Gasteiger partial charge is 0.217 e. The lowest BCUT2D eigenvalue weighted by Gasteiger charge is -2.35. The van der Waals surface area contributed by atoms with Gasteiger partial charge in [-0.3, -0.25) is 0 Å². The van der Waals surface area contributed by atoms with Gasteiger partial charge in [0.15, 0.2) is 0 Å². The van der Waals surface area contributed by atoms with Crippen LogP contribution in [0.2, 0.25) is 0 Å². The molecule has 2 aliphatic heterocycles. The molecule has 7 nitrogen and oxygen atoms in total. The number of piperazine rings is 1. The Labute approximate surface area is 137 Å². The van der Waals surface area contributed by atoms with Crippen molar-refractivity contribution in [2.45, 2.75) is 25.0 Å². The van der Waals surface area contributed by atoms with Crippen LogP contribution < -0.4 is 5.32 Å². The molecule has 1 N–H and O–H groups in total. The van der Waals surface area contributed by atoms with Gasteiger partial charge in [0.05, 0.1) is 17.9 Å². The quantitative estimate of drug-likeness (QED) is 0.845. The SMILES string of the molecule is Cl.Cn1ccnc1C1CNCCN1S(=O)(=O)CC1CCCO1. The van der Waals surface area contributed by atoms with Crippen molar-refractivity contribution in [2.24, 2.45) is 7.05 Å². The summed E-state index contributed by atoms with van der Waals surface area (Å²) in [5, 5.41) is 3.26. The molecular formula is C13H23ClN4O3S. The highest BCUT2D eigenvalue weighted by Gasteiger charge is 2.37. The molecule has 2 saturated heterocycles. The maximum Gasteiger partial charge on any atom is 0.217 e. The minimum atomic E-state index is -3.34. The Balaban J connectivity index is 0.00000176. The molecule has 2 aliphatic rings. The van der Waals surface area contributed by atoms with Gasteiger partial charge in [-0.05, 0) is 12.8 Å². The Morgan fingerprint density at radius 3 is 2.95 bits per heavy atom. The number of aromatic nitrogens is 2. The molecule has 2 unspecified atom stereocenters. The first kappa shape index (κ1) is 17.7. The highest BCUT2D eigenvalue weighted by molar-refractivity contribution is 7.89. The van der Waals surface area contributed by atoms with E-state index in [9.17, 15) is 8.42 Å². The van der Waals surface area contributed by atoms with Crippen molar-refractivity contribution in [1.82, 2.24) is 19.2 Å². The van der Waals surface area contributed by atoms with E-state index in [1.807, 2.05) is 17.8 Å². The summed E-state index contributed by atoms with van der Waals surface area (Å²) >= 11 is 0. The number of aryl methyl sites for hydroxylation is 1. The third-order valence-corrected chi connectivity index (χ3v) is 6.07. The molecule has 2 atom stereocenters. The largest absolute Gasteiger partial charge is 0.377 e. The molecule has 0 bridgehead atoms. The molecule has 1 aromatic rings. The molecule has 3 rings (SSSR count). The fourth-order valence-corrected chi connectivity index (χ4v) is 4.89. The predicted molar refractivity (Wildman–Crippen MR) is 85.5 cm³/mol. The van der Waals surface area contributed by atoms with Gasteiger partial charge in [0, 0.05) is 45.7 Å². The average molecular weight is 351 g/mol. The number of sulfonamides is 1. The zero-order valence-electron chi connectivity index (χ0n) is 12.6. The van der Waals surface area contributed by atoms with Gasteiger partial charge in [-0.15, -0.1) is 12.4 Å². The summed E-state index contributed by atoms with van der Waals surface area (Å²) in [4.78, 5) is 4.32. The van der Waals surface area contributed by atoms with Crippen molar-refractivity contribution in [1.29, 1.82) is 0 Å². The Hall–Kier alpha value is -0.670. The van der Waals surface area contributed by atoms with Crippen LogP contribution in [0.4, 0.5) is 0 Å². The van der Waals surface area contributed by atoms with Crippen molar-refractivity contribution in [3.05, 3.63) is 18.2 Å².